The molecule has 7 heteroatoms. The normalized spacial score (nSPS) is 9.89. The lowest BCUT2D eigenvalue weighted by molar-refractivity contribution is -0.385. The van der Waals surface area contributed by atoms with Crippen LogP contribution in [0.3, 0.4) is 0 Å². The molecule has 0 N–H and O–H groups in total. The SMILES string of the molecule is C#CCOc1ncnc2cc(OC)c([N+](=O)[O-])cc12. The number of nitrogens with zero attached hydrogens (tertiary/aromatic N) is 3. The van der Waals surface area contributed by atoms with Crippen molar-refractivity contribution in [3.8, 4) is 24.0 Å². The number of methoxy groups -OCH3 is 1. The Balaban J connectivity index is 2.65. The predicted molar refractivity (Wildman–Crippen MR) is 67.1 cm³/mol. The van der Waals surface area contributed by atoms with Crippen molar-refractivity contribution in [3.05, 3.63) is 28.6 Å². The maximum absolute atomic E-state index is 11.0. The average Bonchev–Trinajstić information content (AvgIpc) is 2.43. The lowest BCUT2D eigenvalue weighted by Gasteiger charge is -2.07. The summed E-state index contributed by atoms with van der Waals surface area (Å²) in [4.78, 5) is 18.3. The van der Waals surface area contributed by atoms with Crippen molar-refractivity contribution in [2.45, 2.75) is 0 Å². The molecule has 0 unspecified atom stereocenters. The van der Waals surface area contributed by atoms with Gasteiger partial charge in [-0.3, -0.25) is 10.1 Å². The molecule has 0 atom stereocenters. The topological polar surface area (TPSA) is 87.4 Å². The van der Waals surface area contributed by atoms with Gasteiger partial charge in [0.2, 0.25) is 5.88 Å². The first-order chi connectivity index (χ1) is 9.17. The molecular formula is C12H9N3O4. The number of benzene rings is 1. The van der Waals surface area contributed by atoms with Gasteiger partial charge in [0.05, 0.1) is 22.9 Å². The van der Waals surface area contributed by atoms with Gasteiger partial charge in [-0.25, -0.2) is 9.97 Å². The zero-order valence-corrected chi connectivity index (χ0v) is 9.99. The van der Waals surface area contributed by atoms with Crippen LogP contribution in [0.5, 0.6) is 11.6 Å². The number of ether oxygens (including phenoxy) is 2. The Labute approximate surface area is 108 Å². The first-order valence-corrected chi connectivity index (χ1v) is 5.20. The molecule has 0 spiro atoms. The third-order valence-electron chi connectivity index (χ3n) is 2.39. The van der Waals surface area contributed by atoms with Crippen molar-refractivity contribution in [1.29, 1.82) is 0 Å². The quantitative estimate of drug-likeness (QED) is 0.470. The molecule has 0 amide bonds. The summed E-state index contributed by atoms with van der Waals surface area (Å²) >= 11 is 0. The van der Waals surface area contributed by atoms with Crippen molar-refractivity contribution in [2.75, 3.05) is 13.7 Å². The zero-order valence-electron chi connectivity index (χ0n) is 9.99. The molecule has 2 aromatic rings. The first kappa shape index (κ1) is 12.6. The Morgan fingerprint density at radius 1 is 1.47 bits per heavy atom. The van der Waals surface area contributed by atoms with Gasteiger partial charge in [-0.2, -0.15) is 0 Å². The molecule has 7 nitrogen and oxygen atoms in total. The standard InChI is InChI=1S/C12H9N3O4/c1-3-4-19-12-8-5-10(15(16)17)11(18-2)6-9(8)13-7-14-12/h1,5-7H,4H2,2H3. The molecule has 0 saturated heterocycles. The van der Waals surface area contributed by atoms with Crippen LogP contribution in [-0.2, 0) is 0 Å². The Morgan fingerprint density at radius 3 is 2.89 bits per heavy atom. The van der Waals surface area contributed by atoms with E-state index in [4.69, 9.17) is 15.9 Å². The molecular weight excluding hydrogens is 250 g/mol. The van der Waals surface area contributed by atoms with Gasteiger partial charge in [-0.15, -0.1) is 6.42 Å². The highest BCUT2D eigenvalue weighted by molar-refractivity contribution is 5.87. The number of aromatic nitrogens is 2. The van der Waals surface area contributed by atoms with E-state index in [0.29, 0.717) is 10.9 Å². The number of hydrogen-bond acceptors (Lipinski definition) is 6. The summed E-state index contributed by atoms with van der Waals surface area (Å²) in [5.74, 6) is 2.63. The fourth-order valence-electron chi connectivity index (χ4n) is 1.58. The Bertz CT molecular complexity index is 678. The van der Waals surface area contributed by atoms with E-state index < -0.39 is 4.92 Å². The fraction of sp³-hybridized carbons (Fsp3) is 0.167. The van der Waals surface area contributed by atoms with Gasteiger partial charge in [0.1, 0.15) is 6.33 Å². The monoisotopic (exact) mass is 259 g/mol. The summed E-state index contributed by atoms with van der Waals surface area (Å²) < 4.78 is 10.2. The second-order valence-corrected chi connectivity index (χ2v) is 3.47. The second kappa shape index (κ2) is 5.18. The Hall–Kier alpha value is -2.88. The Morgan fingerprint density at radius 2 is 2.26 bits per heavy atom. The molecule has 0 fully saturated rings. The highest BCUT2D eigenvalue weighted by Gasteiger charge is 2.18. The molecule has 1 aromatic carbocycles. The summed E-state index contributed by atoms with van der Waals surface area (Å²) in [6.45, 7) is 0.0198. The zero-order chi connectivity index (χ0) is 13.8. The number of rotatable bonds is 4. The lowest BCUT2D eigenvalue weighted by atomic mass is 10.2. The number of terminal acetylenes is 1. The molecule has 0 aliphatic rings. The minimum absolute atomic E-state index is 0.0198. The second-order valence-electron chi connectivity index (χ2n) is 3.47. The average molecular weight is 259 g/mol. The van der Waals surface area contributed by atoms with Gasteiger partial charge in [0.25, 0.3) is 0 Å². The van der Waals surface area contributed by atoms with E-state index in [1.807, 2.05) is 0 Å². The van der Waals surface area contributed by atoms with Gasteiger partial charge in [0, 0.05) is 12.1 Å². The van der Waals surface area contributed by atoms with Crippen LogP contribution in [0.15, 0.2) is 18.5 Å². The van der Waals surface area contributed by atoms with Crippen LogP contribution in [0.4, 0.5) is 5.69 Å². The smallest absolute Gasteiger partial charge is 0.311 e. The molecule has 0 aliphatic carbocycles. The fourth-order valence-corrected chi connectivity index (χ4v) is 1.58. The van der Waals surface area contributed by atoms with Gasteiger partial charge in [-0.05, 0) is 0 Å². The molecule has 0 aliphatic heterocycles. The van der Waals surface area contributed by atoms with Crippen LogP contribution in [0.1, 0.15) is 0 Å². The third-order valence-corrected chi connectivity index (χ3v) is 2.39. The number of nitro benzene ring substituents is 1. The largest absolute Gasteiger partial charge is 0.490 e. The Kier molecular flexibility index (Phi) is 3.43. The lowest BCUT2D eigenvalue weighted by Crippen LogP contribution is -1.99. The molecule has 1 heterocycles. The van der Waals surface area contributed by atoms with Crippen molar-refractivity contribution in [1.82, 2.24) is 9.97 Å². The molecule has 19 heavy (non-hydrogen) atoms. The maximum atomic E-state index is 11.0. The summed E-state index contributed by atoms with van der Waals surface area (Å²) in [5, 5.41) is 11.4. The van der Waals surface area contributed by atoms with E-state index in [-0.39, 0.29) is 23.9 Å². The minimum atomic E-state index is -0.545. The van der Waals surface area contributed by atoms with Gasteiger partial charge in [-0.1, -0.05) is 5.92 Å². The molecule has 1 aromatic heterocycles. The van der Waals surface area contributed by atoms with Crippen molar-refractivity contribution in [3.63, 3.8) is 0 Å². The van der Waals surface area contributed by atoms with Gasteiger partial charge < -0.3 is 9.47 Å². The highest BCUT2D eigenvalue weighted by atomic mass is 16.6. The van der Waals surface area contributed by atoms with E-state index >= 15 is 0 Å². The molecule has 96 valence electrons. The van der Waals surface area contributed by atoms with E-state index in [0.717, 1.165) is 0 Å². The van der Waals surface area contributed by atoms with Gasteiger partial charge in [0.15, 0.2) is 12.4 Å². The molecule has 0 radical (unpaired) electrons. The maximum Gasteiger partial charge on any atom is 0.311 e. The number of fused-ring (bicyclic) bond motifs is 1. The molecule has 0 bridgehead atoms. The van der Waals surface area contributed by atoms with E-state index in [1.54, 1.807) is 0 Å². The van der Waals surface area contributed by atoms with Crippen molar-refractivity contribution >= 4 is 16.6 Å². The summed E-state index contributed by atoms with van der Waals surface area (Å²) in [6.07, 6.45) is 6.39. The highest BCUT2D eigenvalue weighted by Crippen LogP contribution is 2.33. The minimum Gasteiger partial charge on any atom is -0.490 e. The summed E-state index contributed by atoms with van der Waals surface area (Å²) in [7, 11) is 1.35. The van der Waals surface area contributed by atoms with Crippen LogP contribution < -0.4 is 9.47 Å². The summed E-state index contributed by atoms with van der Waals surface area (Å²) in [6, 6.07) is 2.76. The van der Waals surface area contributed by atoms with E-state index in [9.17, 15) is 10.1 Å². The van der Waals surface area contributed by atoms with Crippen LogP contribution in [0.25, 0.3) is 10.9 Å². The van der Waals surface area contributed by atoms with Crippen LogP contribution in [0.2, 0.25) is 0 Å². The van der Waals surface area contributed by atoms with Crippen molar-refractivity contribution in [2.24, 2.45) is 0 Å². The number of nitro groups is 1. The van der Waals surface area contributed by atoms with E-state index in [1.165, 1.54) is 25.6 Å². The van der Waals surface area contributed by atoms with E-state index in [2.05, 4.69) is 15.9 Å². The first-order valence-electron chi connectivity index (χ1n) is 5.20. The molecule has 2 rings (SSSR count). The third kappa shape index (κ3) is 2.37. The van der Waals surface area contributed by atoms with Crippen LogP contribution >= 0.6 is 0 Å². The molecule has 0 saturated carbocycles. The van der Waals surface area contributed by atoms with Crippen LogP contribution in [-0.4, -0.2) is 28.6 Å². The number of hydrogen-bond donors (Lipinski definition) is 0. The summed E-state index contributed by atoms with van der Waals surface area (Å²) in [5.41, 5.74) is 0.292. The van der Waals surface area contributed by atoms with Crippen LogP contribution in [0, 0.1) is 22.5 Å². The van der Waals surface area contributed by atoms with Gasteiger partial charge >= 0.3 is 5.69 Å². The van der Waals surface area contributed by atoms with Crippen molar-refractivity contribution < 1.29 is 14.4 Å². The predicted octanol–water partition coefficient (Wildman–Crippen LogP) is 1.56.